The van der Waals surface area contributed by atoms with Gasteiger partial charge in [0.1, 0.15) is 5.75 Å². The number of ether oxygens (including phenoxy) is 2. The Labute approximate surface area is 69.9 Å². The second kappa shape index (κ2) is 3.44. The van der Waals surface area contributed by atoms with Gasteiger partial charge in [-0.2, -0.15) is 0 Å². The highest BCUT2D eigenvalue weighted by atomic mass is 35.5. The molecule has 4 heteroatoms. The average molecular weight is 174 g/mol. The Morgan fingerprint density at radius 1 is 1.36 bits per heavy atom. The molecule has 0 amide bonds. The minimum atomic E-state index is 0.341. The SMILES string of the molecule is COc1cnc(Cl)c(OC)c1. The molecule has 1 aromatic rings. The van der Waals surface area contributed by atoms with Crippen molar-refractivity contribution < 1.29 is 9.47 Å². The number of aromatic nitrogens is 1. The number of hydrogen-bond donors (Lipinski definition) is 0. The smallest absolute Gasteiger partial charge is 0.171 e. The third-order valence-electron chi connectivity index (χ3n) is 1.24. The van der Waals surface area contributed by atoms with Gasteiger partial charge in [-0.25, -0.2) is 4.98 Å². The van der Waals surface area contributed by atoms with Crippen molar-refractivity contribution in [3.8, 4) is 11.5 Å². The Morgan fingerprint density at radius 2 is 2.09 bits per heavy atom. The zero-order valence-corrected chi connectivity index (χ0v) is 7.05. The molecule has 0 aliphatic rings. The minimum Gasteiger partial charge on any atom is -0.495 e. The van der Waals surface area contributed by atoms with E-state index in [9.17, 15) is 0 Å². The molecule has 1 aromatic heterocycles. The molecule has 0 aliphatic carbocycles. The molecule has 60 valence electrons. The summed E-state index contributed by atoms with van der Waals surface area (Å²) in [4.78, 5) is 3.84. The second-order valence-electron chi connectivity index (χ2n) is 1.87. The maximum atomic E-state index is 5.66. The van der Waals surface area contributed by atoms with E-state index < -0.39 is 0 Å². The van der Waals surface area contributed by atoms with Crippen LogP contribution in [0.2, 0.25) is 5.15 Å². The highest BCUT2D eigenvalue weighted by Crippen LogP contribution is 2.25. The van der Waals surface area contributed by atoms with Crippen LogP contribution in [-0.4, -0.2) is 19.2 Å². The Hall–Kier alpha value is -0.960. The summed E-state index contributed by atoms with van der Waals surface area (Å²) in [7, 11) is 3.09. The zero-order valence-electron chi connectivity index (χ0n) is 6.30. The molecule has 0 spiro atoms. The first-order chi connectivity index (χ1) is 5.27. The van der Waals surface area contributed by atoms with Crippen LogP contribution in [0.5, 0.6) is 11.5 Å². The van der Waals surface area contributed by atoms with Crippen molar-refractivity contribution >= 4 is 11.6 Å². The highest BCUT2D eigenvalue weighted by Gasteiger charge is 2.02. The first kappa shape index (κ1) is 8.14. The Bertz CT molecular complexity index is 252. The van der Waals surface area contributed by atoms with E-state index >= 15 is 0 Å². The molecule has 3 nitrogen and oxygen atoms in total. The standard InChI is InChI=1S/C7H8ClNO2/c1-10-5-3-6(11-2)7(8)9-4-5/h3-4H,1-2H3. The molecule has 0 saturated heterocycles. The monoisotopic (exact) mass is 173 g/mol. The highest BCUT2D eigenvalue weighted by molar-refractivity contribution is 6.30. The van der Waals surface area contributed by atoms with Crippen LogP contribution in [0.25, 0.3) is 0 Å². The number of hydrogen-bond acceptors (Lipinski definition) is 3. The van der Waals surface area contributed by atoms with Crippen LogP contribution in [0.3, 0.4) is 0 Å². The van der Waals surface area contributed by atoms with Gasteiger partial charge < -0.3 is 9.47 Å². The van der Waals surface area contributed by atoms with Crippen molar-refractivity contribution in [2.45, 2.75) is 0 Å². The molecule has 11 heavy (non-hydrogen) atoms. The van der Waals surface area contributed by atoms with Crippen molar-refractivity contribution in [3.05, 3.63) is 17.4 Å². The molecule has 1 rings (SSSR count). The van der Waals surface area contributed by atoms with Crippen LogP contribution < -0.4 is 9.47 Å². The summed E-state index contributed by atoms with van der Waals surface area (Å²) >= 11 is 5.66. The van der Waals surface area contributed by atoms with Gasteiger partial charge in [-0.3, -0.25) is 0 Å². The molecule has 0 saturated carbocycles. The van der Waals surface area contributed by atoms with E-state index in [1.807, 2.05) is 0 Å². The molecule has 0 aliphatic heterocycles. The number of rotatable bonds is 2. The fourth-order valence-electron chi connectivity index (χ4n) is 0.665. The zero-order chi connectivity index (χ0) is 8.27. The van der Waals surface area contributed by atoms with Crippen LogP contribution in [0.4, 0.5) is 0 Å². The summed E-state index contributed by atoms with van der Waals surface area (Å²) in [6, 6.07) is 1.68. The fraction of sp³-hybridized carbons (Fsp3) is 0.286. The van der Waals surface area contributed by atoms with Gasteiger partial charge in [0.15, 0.2) is 10.9 Å². The summed E-state index contributed by atoms with van der Waals surface area (Å²) in [6.07, 6.45) is 1.53. The summed E-state index contributed by atoms with van der Waals surface area (Å²) in [6.45, 7) is 0. The Balaban J connectivity index is 3.02. The van der Waals surface area contributed by atoms with E-state index in [0.29, 0.717) is 16.7 Å². The van der Waals surface area contributed by atoms with Crippen LogP contribution in [0.1, 0.15) is 0 Å². The second-order valence-corrected chi connectivity index (χ2v) is 2.23. The van der Waals surface area contributed by atoms with Crippen molar-refractivity contribution in [2.75, 3.05) is 14.2 Å². The van der Waals surface area contributed by atoms with Gasteiger partial charge in [0, 0.05) is 6.07 Å². The molecule has 0 radical (unpaired) electrons. The molecular weight excluding hydrogens is 166 g/mol. The third kappa shape index (κ3) is 1.74. The van der Waals surface area contributed by atoms with E-state index in [2.05, 4.69) is 4.98 Å². The normalized spacial score (nSPS) is 9.36. The Morgan fingerprint density at radius 3 is 2.64 bits per heavy atom. The quantitative estimate of drug-likeness (QED) is 0.639. The van der Waals surface area contributed by atoms with Gasteiger partial charge in [-0.1, -0.05) is 11.6 Å². The van der Waals surface area contributed by atoms with Gasteiger partial charge in [0.05, 0.1) is 20.4 Å². The van der Waals surface area contributed by atoms with Crippen molar-refractivity contribution in [2.24, 2.45) is 0 Å². The van der Waals surface area contributed by atoms with E-state index in [1.54, 1.807) is 13.2 Å². The van der Waals surface area contributed by atoms with Crippen LogP contribution in [-0.2, 0) is 0 Å². The maximum absolute atomic E-state index is 5.66. The van der Waals surface area contributed by atoms with Crippen LogP contribution >= 0.6 is 11.6 Å². The van der Waals surface area contributed by atoms with Gasteiger partial charge in [0.25, 0.3) is 0 Å². The molecule has 0 fully saturated rings. The van der Waals surface area contributed by atoms with Gasteiger partial charge >= 0.3 is 0 Å². The summed E-state index contributed by atoms with van der Waals surface area (Å²) in [5, 5.41) is 0.341. The molecule has 0 unspecified atom stereocenters. The first-order valence-electron chi connectivity index (χ1n) is 3.01. The number of halogens is 1. The average Bonchev–Trinajstić information content (AvgIpc) is 2.05. The van der Waals surface area contributed by atoms with E-state index in [0.717, 1.165) is 0 Å². The lowest BCUT2D eigenvalue weighted by Crippen LogP contribution is -1.89. The van der Waals surface area contributed by atoms with Gasteiger partial charge in [-0.05, 0) is 0 Å². The molecule has 0 bridgehead atoms. The summed E-state index contributed by atoms with van der Waals surface area (Å²) in [5.74, 6) is 1.15. The first-order valence-corrected chi connectivity index (χ1v) is 3.39. The summed E-state index contributed by atoms with van der Waals surface area (Å²) < 4.78 is 9.82. The summed E-state index contributed by atoms with van der Waals surface area (Å²) in [5.41, 5.74) is 0. The fourth-order valence-corrected chi connectivity index (χ4v) is 0.845. The number of methoxy groups -OCH3 is 2. The number of pyridine rings is 1. The van der Waals surface area contributed by atoms with Crippen molar-refractivity contribution in [1.29, 1.82) is 0 Å². The lowest BCUT2D eigenvalue weighted by Gasteiger charge is -2.03. The molecular formula is C7H8ClNO2. The third-order valence-corrected chi connectivity index (χ3v) is 1.52. The van der Waals surface area contributed by atoms with E-state index in [1.165, 1.54) is 13.3 Å². The van der Waals surface area contributed by atoms with Crippen molar-refractivity contribution in [3.63, 3.8) is 0 Å². The maximum Gasteiger partial charge on any atom is 0.171 e. The molecule has 0 atom stereocenters. The van der Waals surface area contributed by atoms with Gasteiger partial charge in [-0.15, -0.1) is 0 Å². The van der Waals surface area contributed by atoms with E-state index in [-0.39, 0.29) is 0 Å². The predicted molar refractivity (Wildman–Crippen MR) is 42.4 cm³/mol. The lowest BCUT2D eigenvalue weighted by molar-refractivity contribution is 0.391. The van der Waals surface area contributed by atoms with E-state index in [4.69, 9.17) is 21.1 Å². The Kier molecular flexibility index (Phi) is 2.54. The van der Waals surface area contributed by atoms with Gasteiger partial charge in [0.2, 0.25) is 0 Å². The molecule has 0 N–H and O–H groups in total. The van der Waals surface area contributed by atoms with Crippen LogP contribution in [0, 0.1) is 0 Å². The number of nitrogens with zero attached hydrogens (tertiary/aromatic N) is 1. The molecule has 0 aromatic carbocycles. The predicted octanol–water partition coefficient (Wildman–Crippen LogP) is 1.75. The van der Waals surface area contributed by atoms with Crippen molar-refractivity contribution in [1.82, 2.24) is 4.98 Å². The van der Waals surface area contributed by atoms with Crippen LogP contribution in [0.15, 0.2) is 12.3 Å². The largest absolute Gasteiger partial charge is 0.495 e. The molecule has 1 heterocycles. The lowest BCUT2D eigenvalue weighted by atomic mass is 10.4. The topological polar surface area (TPSA) is 31.4 Å². The minimum absolute atomic E-state index is 0.341.